The first kappa shape index (κ1) is 14.7. The number of esters is 1. The predicted molar refractivity (Wildman–Crippen MR) is 86.4 cm³/mol. The summed E-state index contributed by atoms with van der Waals surface area (Å²) in [5, 5.41) is 0. The monoisotopic (exact) mass is 314 g/mol. The summed E-state index contributed by atoms with van der Waals surface area (Å²) in [4.78, 5) is 11.8. The Kier molecular flexibility index (Phi) is 4.16. The number of halogens is 1. The van der Waals surface area contributed by atoms with Crippen molar-refractivity contribution in [3.63, 3.8) is 0 Å². The van der Waals surface area contributed by atoms with Gasteiger partial charge in [-0.15, -0.1) is 11.6 Å². The molecule has 2 aromatic carbocycles. The molecule has 3 nitrogen and oxygen atoms in total. The number of ether oxygens (including phenoxy) is 2. The molecule has 0 radical (unpaired) electrons. The van der Waals surface area contributed by atoms with Crippen molar-refractivity contribution in [2.24, 2.45) is 0 Å². The lowest BCUT2D eigenvalue weighted by Gasteiger charge is -2.11. The van der Waals surface area contributed by atoms with E-state index in [4.69, 9.17) is 21.1 Å². The minimum Gasteiger partial charge on any atom is -0.488 e. The van der Waals surface area contributed by atoms with E-state index >= 15 is 0 Å². The summed E-state index contributed by atoms with van der Waals surface area (Å²) in [6.07, 6.45) is 1.94. The van der Waals surface area contributed by atoms with Crippen molar-refractivity contribution in [3.05, 3.63) is 70.8 Å². The topological polar surface area (TPSA) is 35.5 Å². The maximum atomic E-state index is 11.8. The third-order valence-electron chi connectivity index (χ3n) is 3.66. The number of fused-ring (bicyclic) bond motifs is 2. The van der Waals surface area contributed by atoms with Crippen LogP contribution >= 0.6 is 11.6 Å². The molecule has 22 heavy (non-hydrogen) atoms. The second kappa shape index (κ2) is 6.24. The predicted octanol–water partition coefficient (Wildman–Crippen LogP) is 4.04. The smallest absolute Gasteiger partial charge is 0.337 e. The molecule has 0 amide bonds. The van der Waals surface area contributed by atoms with Gasteiger partial charge in [-0.25, -0.2) is 4.79 Å². The molecule has 1 aliphatic heterocycles. The summed E-state index contributed by atoms with van der Waals surface area (Å²) in [7, 11) is 1.38. The van der Waals surface area contributed by atoms with Crippen LogP contribution in [0.2, 0.25) is 0 Å². The van der Waals surface area contributed by atoms with Crippen molar-refractivity contribution in [2.75, 3.05) is 13.0 Å². The standard InChI is InChI=1S/C18H15ClO3/c1-21-18(20)12-6-7-13-11-22-17-5-3-2-4-15(17)14(8-9-19)16(13)10-12/h2-8,10H,9,11H2,1H3/b14-8-. The minimum absolute atomic E-state index is 0.355. The molecule has 1 heterocycles. The number of rotatable bonds is 2. The molecule has 3 rings (SSSR count). The summed E-state index contributed by atoms with van der Waals surface area (Å²) in [6.45, 7) is 0.452. The van der Waals surface area contributed by atoms with Crippen LogP contribution in [-0.4, -0.2) is 19.0 Å². The van der Waals surface area contributed by atoms with Gasteiger partial charge in [0.2, 0.25) is 0 Å². The first-order valence-corrected chi connectivity index (χ1v) is 7.48. The molecule has 4 heteroatoms. The summed E-state index contributed by atoms with van der Waals surface area (Å²) in [6, 6.07) is 13.3. The normalized spacial score (nSPS) is 14.5. The highest BCUT2D eigenvalue weighted by Gasteiger charge is 2.20. The molecule has 0 fully saturated rings. The Balaban J connectivity index is 2.20. The fraction of sp³-hybridized carbons (Fsp3) is 0.167. The second-order valence-corrected chi connectivity index (χ2v) is 5.23. The van der Waals surface area contributed by atoms with Crippen LogP contribution in [0.15, 0.2) is 48.5 Å². The molecular formula is C18H15ClO3. The number of para-hydroxylation sites is 1. The van der Waals surface area contributed by atoms with Gasteiger partial charge in [0.15, 0.2) is 0 Å². The van der Waals surface area contributed by atoms with Crippen LogP contribution in [0, 0.1) is 0 Å². The lowest BCUT2D eigenvalue weighted by molar-refractivity contribution is 0.0600. The van der Waals surface area contributed by atoms with Gasteiger partial charge in [0, 0.05) is 11.4 Å². The average Bonchev–Trinajstić information content (AvgIpc) is 2.72. The second-order valence-electron chi connectivity index (χ2n) is 4.92. The maximum absolute atomic E-state index is 11.8. The highest BCUT2D eigenvalue weighted by Crippen LogP contribution is 2.37. The van der Waals surface area contributed by atoms with Crippen molar-refractivity contribution in [1.82, 2.24) is 0 Å². The van der Waals surface area contributed by atoms with Crippen LogP contribution in [0.3, 0.4) is 0 Å². The van der Waals surface area contributed by atoms with Crippen LogP contribution in [0.5, 0.6) is 5.75 Å². The number of benzene rings is 2. The zero-order valence-corrected chi connectivity index (χ0v) is 12.9. The van der Waals surface area contributed by atoms with Gasteiger partial charge in [0.25, 0.3) is 0 Å². The molecule has 0 unspecified atom stereocenters. The van der Waals surface area contributed by atoms with E-state index in [0.29, 0.717) is 18.1 Å². The van der Waals surface area contributed by atoms with Gasteiger partial charge >= 0.3 is 5.97 Å². The van der Waals surface area contributed by atoms with Gasteiger partial charge in [-0.1, -0.05) is 30.3 Å². The quantitative estimate of drug-likeness (QED) is 0.620. The average molecular weight is 315 g/mol. The molecule has 0 atom stereocenters. The summed E-state index contributed by atoms with van der Waals surface area (Å²) in [5.41, 5.74) is 4.43. The van der Waals surface area contributed by atoms with E-state index in [2.05, 4.69) is 0 Å². The van der Waals surface area contributed by atoms with Crippen LogP contribution in [0.1, 0.15) is 27.0 Å². The molecule has 0 saturated heterocycles. The zero-order chi connectivity index (χ0) is 15.5. The Labute approximate surface area is 134 Å². The van der Waals surface area contributed by atoms with Gasteiger partial charge in [-0.2, -0.15) is 0 Å². The molecule has 0 spiro atoms. The van der Waals surface area contributed by atoms with E-state index in [1.165, 1.54) is 7.11 Å². The van der Waals surface area contributed by atoms with E-state index in [9.17, 15) is 4.79 Å². The van der Waals surface area contributed by atoms with Crippen molar-refractivity contribution < 1.29 is 14.3 Å². The number of carbonyl (C=O) groups excluding carboxylic acids is 1. The van der Waals surface area contributed by atoms with Crippen LogP contribution < -0.4 is 4.74 Å². The molecule has 0 aromatic heterocycles. The van der Waals surface area contributed by atoms with E-state index < -0.39 is 0 Å². The number of methoxy groups -OCH3 is 1. The highest BCUT2D eigenvalue weighted by atomic mass is 35.5. The highest BCUT2D eigenvalue weighted by molar-refractivity contribution is 6.19. The maximum Gasteiger partial charge on any atom is 0.337 e. The van der Waals surface area contributed by atoms with Gasteiger partial charge in [-0.05, 0) is 34.9 Å². The molecule has 0 saturated carbocycles. The van der Waals surface area contributed by atoms with Gasteiger partial charge in [0.05, 0.1) is 12.7 Å². The Hall–Kier alpha value is -2.26. The summed E-state index contributed by atoms with van der Waals surface area (Å²) >= 11 is 5.94. The van der Waals surface area contributed by atoms with Gasteiger partial charge < -0.3 is 9.47 Å². The first-order valence-electron chi connectivity index (χ1n) is 6.94. The van der Waals surface area contributed by atoms with E-state index in [0.717, 1.165) is 28.0 Å². The number of allylic oxidation sites excluding steroid dienone is 1. The van der Waals surface area contributed by atoms with E-state index in [-0.39, 0.29) is 5.97 Å². The Morgan fingerprint density at radius 2 is 2.09 bits per heavy atom. The van der Waals surface area contributed by atoms with E-state index in [1.807, 2.05) is 42.5 Å². The Morgan fingerprint density at radius 1 is 1.27 bits per heavy atom. The largest absolute Gasteiger partial charge is 0.488 e. The summed E-state index contributed by atoms with van der Waals surface area (Å²) < 4.78 is 10.7. The fourth-order valence-electron chi connectivity index (χ4n) is 2.61. The van der Waals surface area contributed by atoms with E-state index in [1.54, 1.807) is 6.07 Å². The van der Waals surface area contributed by atoms with Crippen molar-refractivity contribution in [1.29, 1.82) is 0 Å². The van der Waals surface area contributed by atoms with Gasteiger partial charge in [-0.3, -0.25) is 0 Å². The molecule has 2 aromatic rings. The molecule has 0 bridgehead atoms. The number of hydrogen-bond donors (Lipinski definition) is 0. The lowest BCUT2D eigenvalue weighted by Crippen LogP contribution is -2.04. The number of carbonyl (C=O) groups is 1. The van der Waals surface area contributed by atoms with Crippen molar-refractivity contribution in [3.8, 4) is 5.75 Å². The third-order valence-corrected chi connectivity index (χ3v) is 3.82. The Bertz CT molecular complexity index is 750. The number of alkyl halides is 1. The molecule has 0 aliphatic carbocycles. The minimum atomic E-state index is -0.355. The lowest BCUT2D eigenvalue weighted by atomic mass is 9.93. The third kappa shape index (κ3) is 2.60. The SMILES string of the molecule is COC(=O)c1ccc2c(c1)/C(=C\CCl)c1ccccc1OC2. The zero-order valence-electron chi connectivity index (χ0n) is 12.1. The fourth-order valence-corrected chi connectivity index (χ4v) is 2.76. The molecule has 1 aliphatic rings. The van der Waals surface area contributed by atoms with Crippen molar-refractivity contribution in [2.45, 2.75) is 6.61 Å². The number of hydrogen-bond acceptors (Lipinski definition) is 3. The van der Waals surface area contributed by atoms with Crippen LogP contribution in [-0.2, 0) is 11.3 Å². The van der Waals surface area contributed by atoms with Crippen LogP contribution in [0.25, 0.3) is 5.57 Å². The van der Waals surface area contributed by atoms with Gasteiger partial charge in [0.1, 0.15) is 12.4 Å². The van der Waals surface area contributed by atoms with Crippen molar-refractivity contribution >= 4 is 23.1 Å². The molecule has 0 N–H and O–H groups in total. The summed E-state index contributed by atoms with van der Waals surface area (Å²) in [5.74, 6) is 0.840. The Morgan fingerprint density at radius 3 is 2.86 bits per heavy atom. The first-order chi connectivity index (χ1) is 10.7. The van der Waals surface area contributed by atoms with Crippen LogP contribution in [0.4, 0.5) is 0 Å². The molecule has 112 valence electrons. The molecular weight excluding hydrogens is 300 g/mol.